The first-order chi connectivity index (χ1) is 7.02. The van der Waals surface area contributed by atoms with Gasteiger partial charge in [-0.05, 0) is 24.8 Å². The summed E-state index contributed by atoms with van der Waals surface area (Å²) >= 11 is 0. The molecule has 0 saturated carbocycles. The van der Waals surface area contributed by atoms with Gasteiger partial charge in [-0.15, -0.1) is 0 Å². The first-order valence-electron chi connectivity index (χ1n) is 5.59. The zero-order chi connectivity index (χ0) is 11.8. The maximum Gasteiger partial charge on any atom is 0.320 e. The molecule has 4 nitrogen and oxygen atoms in total. The molecule has 0 radical (unpaired) electrons. The van der Waals surface area contributed by atoms with E-state index in [0.717, 1.165) is 12.8 Å². The van der Waals surface area contributed by atoms with E-state index in [2.05, 4.69) is 5.32 Å². The van der Waals surface area contributed by atoms with Crippen LogP contribution < -0.4 is 5.32 Å². The largest absolute Gasteiger partial charge is 0.480 e. The molecule has 0 bridgehead atoms. The number of aliphatic hydroxyl groups excluding tert-OH is 1. The molecule has 0 aromatic carbocycles. The van der Waals surface area contributed by atoms with E-state index in [1.807, 2.05) is 20.8 Å². The Bertz CT molecular complexity index is 183. The fraction of sp³-hybridized carbons (Fsp3) is 0.909. The van der Waals surface area contributed by atoms with Crippen LogP contribution in [0.15, 0.2) is 0 Å². The maximum atomic E-state index is 10.9. The van der Waals surface area contributed by atoms with Crippen molar-refractivity contribution < 1.29 is 15.0 Å². The summed E-state index contributed by atoms with van der Waals surface area (Å²) in [5.41, 5.74) is 0. The molecule has 0 fully saturated rings. The lowest BCUT2D eigenvalue weighted by atomic mass is 10.00. The molecule has 15 heavy (non-hydrogen) atoms. The number of hydrogen-bond acceptors (Lipinski definition) is 3. The van der Waals surface area contributed by atoms with Crippen molar-refractivity contribution in [3.8, 4) is 0 Å². The van der Waals surface area contributed by atoms with E-state index in [9.17, 15) is 4.79 Å². The summed E-state index contributed by atoms with van der Waals surface area (Å²) in [5.74, 6) is -0.367. The Morgan fingerprint density at radius 2 is 2.00 bits per heavy atom. The van der Waals surface area contributed by atoms with E-state index in [4.69, 9.17) is 10.2 Å². The predicted molar refractivity (Wildman–Crippen MR) is 59.7 cm³/mol. The summed E-state index contributed by atoms with van der Waals surface area (Å²) in [6.45, 7) is 6.65. The Kier molecular flexibility index (Phi) is 7.34. The Morgan fingerprint density at radius 3 is 2.33 bits per heavy atom. The van der Waals surface area contributed by atoms with Gasteiger partial charge in [0.15, 0.2) is 0 Å². The fourth-order valence-electron chi connectivity index (χ4n) is 1.53. The Balaban J connectivity index is 4.02. The number of hydrogen-bond donors (Lipinski definition) is 3. The van der Waals surface area contributed by atoms with Crippen molar-refractivity contribution >= 4 is 5.97 Å². The lowest BCUT2D eigenvalue weighted by molar-refractivity contribution is -0.140. The average molecular weight is 217 g/mol. The molecule has 2 unspecified atom stereocenters. The van der Waals surface area contributed by atoms with Gasteiger partial charge in [-0.25, -0.2) is 0 Å². The standard InChI is InChI=1S/C11H23NO3/c1-4-9(5-6-13)7-12-10(8(2)3)11(14)15/h8-10,12-13H,4-7H2,1-3H3,(H,14,15). The third kappa shape index (κ3) is 5.74. The number of carboxylic acid groups (broad SMARTS) is 1. The first kappa shape index (κ1) is 14.4. The van der Waals surface area contributed by atoms with Crippen molar-refractivity contribution in [1.29, 1.82) is 0 Å². The van der Waals surface area contributed by atoms with Crippen molar-refractivity contribution in [2.24, 2.45) is 11.8 Å². The molecule has 0 amide bonds. The second kappa shape index (κ2) is 7.65. The third-order valence-electron chi connectivity index (χ3n) is 2.67. The molecular weight excluding hydrogens is 194 g/mol. The van der Waals surface area contributed by atoms with Crippen LogP contribution in [0.3, 0.4) is 0 Å². The normalized spacial score (nSPS) is 15.3. The van der Waals surface area contributed by atoms with Gasteiger partial charge in [-0.3, -0.25) is 4.79 Å². The van der Waals surface area contributed by atoms with Crippen LogP contribution in [-0.4, -0.2) is 35.4 Å². The first-order valence-corrected chi connectivity index (χ1v) is 5.59. The van der Waals surface area contributed by atoms with Crippen molar-refractivity contribution in [3.05, 3.63) is 0 Å². The maximum absolute atomic E-state index is 10.9. The van der Waals surface area contributed by atoms with E-state index in [1.165, 1.54) is 0 Å². The molecule has 0 heterocycles. The third-order valence-corrected chi connectivity index (χ3v) is 2.67. The molecule has 0 saturated heterocycles. The number of aliphatic carboxylic acids is 1. The van der Waals surface area contributed by atoms with E-state index in [-0.39, 0.29) is 12.5 Å². The van der Waals surface area contributed by atoms with E-state index in [1.54, 1.807) is 0 Å². The number of nitrogens with one attached hydrogen (secondary N) is 1. The van der Waals surface area contributed by atoms with E-state index < -0.39 is 12.0 Å². The van der Waals surface area contributed by atoms with Crippen LogP contribution in [-0.2, 0) is 4.79 Å². The molecule has 4 heteroatoms. The number of aliphatic hydroxyl groups is 1. The number of rotatable bonds is 8. The van der Waals surface area contributed by atoms with Gasteiger partial charge in [-0.1, -0.05) is 27.2 Å². The summed E-state index contributed by atoms with van der Waals surface area (Å²) in [5, 5.41) is 20.8. The van der Waals surface area contributed by atoms with Crippen LogP contribution in [0, 0.1) is 11.8 Å². The zero-order valence-corrected chi connectivity index (χ0v) is 9.86. The second-order valence-corrected chi connectivity index (χ2v) is 4.25. The molecule has 0 aliphatic carbocycles. The molecule has 0 aromatic rings. The number of carbonyl (C=O) groups is 1. The second-order valence-electron chi connectivity index (χ2n) is 4.25. The van der Waals surface area contributed by atoms with Crippen molar-refractivity contribution in [2.75, 3.05) is 13.2 Å². The molecular formula is C11H23NO3. The van der Waals surface area contributed by atoms with Gasteiger partial charge in [0.1, 0.15) is 6.04 Å². The van der Waals surface area contributed by atoms with Crippen molar-refractivity contribution in [1.82, 2.24) is 5.32 Å². The monoisotopic (exact) mass is 217 g/mol. The fourth-order valence-corrected chi connectivity index (χ4v) is 1.53. The van der Waals surface area contributed by atoms with Crippen LogP contribution >= 0.6 is 0 Å². The molecule has 0 spiro atoms. The van der Waals surface area contributed by atoms with Crippen LogP contribution in [0.25, 0.3) is 0 Å². The summed E-state index contributed by atoms with van der Waals surface area (Å²) in [4.78, 5) is 10.9. The summed E-state index contributed by atoms with van der Waals surface area (Å²) in [6, 6.07) is -0.488. The molecule has 0 aliphatic heterocycles. The molecule has 0 aliphatic rings. The topological polar surface area (TPSA) is 69.6 Å². The van der Waals surface area contributed by atoms with Crippen molar-refractivity contribution in [3.63, 3.8) is 0 Å². The van der Waals surface area contributed by atoms with Crippen molar-refractivity contribution in [2.45, 2.75) is 39.7 Å². The van der Waals surface area contributed by atoms with Crippen LogP contribution in [0.4, 0.5) is 0 Å². The van der Waals surface area contributed by atoms with Gasteiger partial charge in [0.2, 0.25) is 0 Å². The Morgan fingerprint density at radius 1 is 1.40 bits per heavy atom. The van der Waals surface area contributed by atoms with Gasteiger partial charge in [0.05, 0.1) is 0 Å². The van der Waals surface area contributed by atoms with Crippen LogP contribution in [0.1, 0.15) is 33.6 Å². The summed E-state index contributed by atoms with van der Waals surface area (Å²) in [6.07, 6.45) is 1.69. The van der Waals surface area contributed by atoms with E-state index >= 15 is 0 Å². The van der Waals surface area contributed by atoms with Gasteiger partial charge in [-0.2, -0.15) is 0 Å². The molecule has 0 aromatic heterocycles. The van der Waals surface area contributed by atoms with Gasteiger partial charge < -0.3 is 15.5 Å². The van der Waals surface area contributed by atoms with Crippen LogP contribution in [0.2, 0.25) is 0 Å². The molecule has 90 valence electrons. The summed E-state index contributed by atoms with van der Waals surface area (Å²) < 4.78 is 0. The highest BCUT2D eigenvalue weighted by Crippen LogP contribution is 2.08. The van der Waals surface area contributed by atoms with Gasteiger partial charge in [0, 0.05) is 6.61 Å². The van der Waals surface area contributed by atoms with Gasteiger partial charge in [0.25, 0.3) is 0 Å². The highest BCUT2D eigenvalue weighted by molar-refractivity contribution is 5.73. The highest BCUT2D eigenvalue weighted by Gasteiger charge is 2.21. The predicted octanol–water partition coefficient (Wildman–Crippen LogP) is 1.09. The quantitative estimate of drug-likeness (QED) is 0.569. The zero-order valence-electron chi connectivity index (χ0n) is 9.86. The minimum absolute atomic E-state index is 0.0779. The number of carboxylic acids is 1. The summed E-state index contributed by atoms with van der Waals surface area (Å²) in [7, 11) is 0. The minimum atomic E-state index is -0.802. The Labute approximate surface area is 91.7 Å². The molecule has 2 atom stereocenters. The van der Waals surface area contributed by atoms with Crippen LogP contribution in [0.5, 0.6) is 0 Å². The average Bonchev–Trinajstić information content (AvgIpc) is 2.15. The molecule has 3 N–H and O–H groups in total. The Hall–Kier alpha value is -0.610. The molecule has 0 rings (SSSR count). The lowest BCUT2D eigenvalue weighted by Gasteiger charge is -2.21. The minimum Gasteiger partial charge on any atom is -0.480 e. The SMILES string of the molecule is CCC(CCO)CNC(C(=O)O)C(C)C. The smallest absolute Gasteiger partial charge is 0.320 e. The van der Waals surface area contributed by atoms with E-state index in [0.29, 0.717) is 12.5 Å². The van der Waals surface area contributed by atoms with Gasteiger partial charge >= 0.3 is 5.97 Å². The lowest BCUT2D eigenvalue weighted by Crippen LogP contribution is -2.43. The highest BCUT2D eigenvalue weighted by atomic mass is 16.4.